The van der Waals surface area contributed by atoms with Crippen LogP contribution in [0.4, 0.5) is 0 Å². The first-order valence-electron chi connectivity index (χ1n) is 5.14. The Morgan fingerprint density at radius 2 is 2.15 bits per heavy atom. The van der Waals surface area contributed by atoms with Crippen LogP contribution < -0.4 is 0 Å². The van der Waals surface area contributed by atoms with E-state index in [-0.39, 0.29) is 0 Å². The Bertz CT molecular complexity index is 204. The monoisotopic (exact) mass is 180 g/mol. The third-order valence-corrected chi connectivity index (χ3v) is 2.29. The van der Waals surface area contributed by atoms with Gasteiger partial charge in [0.15, 0.2) is 0 Å². The number of likely N-dealkylation sites (tertiary alicyclic amines) is 1. The summed E-state index contributed by atoms with van der Waals surface area (Å²) in [6, 6.07) is 0. The fourth-order valence-electron chi connectivity index (χ4n) is 1.51. The molecule has 0 bridgehead atoms. The molecule has 1 rings (SSSR count). The Morgan fingerprint density at radius 1 is 1.38 bits per heavy atom. The van der Waals surface area contributed by atoms with Gasteiger partial charge >= 0.3 is 0 Å². The van der Waals surface area contributed by atoms with Crippen molar-refractivity contribution in [1.29, 1.82) is 0 Å². The average Bonchev–Trinajstić information content (AvgIpc) is 2.15. The van der Waals surface area contributed by atoms with E-state index in [9.17, 15) is 0 Å². The van der Waals surface area contributed by atoms with E-state index in [2.05, 4.69) is 36.0 Å². The van der Waals surface area contributed by atoms with E-state index in [0.29, 0.717) is 5.92 Å². The zero-order valence-electron chi connectivity index (χ0n) is 8.95. The minimum atomic E-state index is 0.625. The van der Waals surface area contributed by atoms with Gasteiger partial charge in [-0.15, -0.1) is 0 Å². The molecule has 0 amide bonds. The maximum absolute atomic E-state index is 4.30. The largest absolute Gasteiger partial charge is 0.337 e. The zero-order chi connectivity index (χ0) is 9.68. The quantitative estimate of drug-likeness (QED) is 0.638. The molecular formula is C11H20N2. The third kappa shape index (κ3) is 3.21. The van der Waals surface area contributed by atoms with Gasteiger partial charge in [0.05, 0.1) is 0 Å². The SMILES string of the molecule is CN=C1CCCCN1/C=C/C(C)C. The van der Waals surface area contributed by atoms with Crippen molar-refractivity contribution in [1.82, 2.24) is 4.90 Å². The fourth-order valence-corrected chi connectivity index (χ4v) is 1.51. The number of hydrogen-bond acceptors (Lipinski definition) is 1. The standard InChI is InChI=1S/C11H20N2/c1-10(2)7-9-13-8-5-4-6-11(13)12-3/h7,9-10H,4-6,8H2,1-3H3/b9-7+,12-11?. The lowest BCUT2D eigenvalue weighted by Gasteiger charge is -2.26. The van der Waals surface area contributed by atoms with E-state index < -0.39 is 0 Å². The van der Waals surface area contributed by atoms with Crippen LogP contribution >= 0.6 is 0 Å². The van der Waals surface area contributed by atoms with Gasteiger partial charge in [0.2, 0.25) is 0 Å². The molecule has 0 aromatic rings. The van der Waals surface area contributed by atoms with Gasteiger partial charge in [0, 0.05) is 26.2 Å². The van der Waals surface area contributed by atoms with Crippen molar-refractivity contribution in [2.24, 2.45) is 10.9 Å². The molecule has 1 fully saturated rings. The van der Waals surface area contributed by atoms with Gasteiger partial charge in [0.1, 0.15) is 5.84 Å². The summed E-state index contributed by atoms with van der Waals surface area (Å²) in [4.78, 5) is 6.58. The van der Waals surface area contributed by atoms with Crippen molar-refractivity contribution in [3.63, 3.8) is 0 Å². The molecule has 1 aliphatic heterocycles. The highest BCUT2D eigenvalue weighted by molar-refractivity contribution is 5.83. The van der Waals surface area contributed by atoms with E-state index in [4.69, 9.17) is 0 Å². The summed E-state index contributed by atoms with van der Waals surface area (Å²) in [7, 11) is 1.89. The lowest BCUT2D eigenvalue weighted by molar-refractivity contribution is 0.467. The molecule has 0 aliphatic carbocycles. The summed E-state index contributed by atoms with van der Waals surface area (Å²) in [6.45, 7) is 5.53. The van der Waals surface area contributed by atoms with Crippen molar-refractivity contribution in [2.75, 3.05) is 13.6 Å². The van der Waals surface area contributed by atoms with Crippen LogP contribution in [-0.2, 0) is 0 Å². The van der Waals surface area contributed by atoms with Crippen LogP contribution in [0.25, 0.3) is 0 Å². The Labute approximate surface area is 81.3 Å². The molecule has 74 valence electrons. The van der Waals surface area contributed by atoms with Crippen LogP contribution in [0, 0.1) is 5.92 Å². The third-order valence-electron chi connectivity index (χ3n) is 2.29. The molecule has 0 atom stereocenters. The smallest absolute Gasteiger partial charge is 0.102 e. The Kier molecular flexibility index (Phi) is 4.00. The first kappa shape index (κ1) is 10.3. The molecule has 0 radical (unpaired) electrons. The van der Waals surface area contributed by atoms with Gasteiger partial charge in [-0.3, -0.25) is 4.99 Å². The summed E-state index contributed by atoms with van der Waals surface area (Å²) >= 11 is 0. The molecule has 13 heavy (non-hydrogen) atoms. The zero-order valence-corrected chi connectivity index (χ0v) is 8.95. The molecule has 0 spiro atoms. The van der Waals surface area contributed by atoms with Crippen molar-refractivity contribution in [2.45, 2.75) is 33.1 Å². The highest BCUT2D eigenvalue weighted by Crippen LogP contribution is 2.12. The molecule has 1 aliphatic rings. The van der Waals surface area contributed by atoms with Crippen LogP contribution in [-0.4, -0.2) is 24.3 Å². The van der Waals surface area contributed by atoms with Gasteiger partial charge in [-0.25, -0.2) is 0 Å². The number of hydrogen-bond donors (Lipinski definition) is 0. The van der Waals surface area contributed by atoms with Gasteiger partial charge in [-0.05, 0) is 18.8 Å². The topological polar surface area (TPSA) is 15.6 Å². The van der Waals surface area contributed by atoms with E-state index in [0.717, 1.165) is 13.0 Å². The fraction of sp³-hybridized carbons (Fsp3) is 0.727. The Balaban J connectivity index is 2.55. The van der Waals surface area contributed by atoms with E-state index in [1.807, 2.05) is 7.05 Å². The molecule has 0 saturated carbocycles. The van der Waals surface area contributed by atoms with Crippen LogP contribution in [0.2, 0.25) is 0 Å². The highest BCUT2D eigenvalue weighted by atomic mass is 15.2. The molecule has 1 heterocycles. The maximum Gasteiger partial charge on any atom is 0.102 e. The van der Waals surface area contributed by atoms with Gasteiger partial charge in [-0.2, -0.15) is 0 Å². The molecule has 0 unspecified atom stereocenters. The summed E-state index contributed by atoms with van der Waals surface area (Å²) < 4.78 is 0. The van der Waals surface area contributed by atoms with E-state index in [1.165, 1.54) is 18.7 Å². The van der Waals surface area contributed by atoms with Crippen LogP contribution in [0.15, 0.2) is 17.3 Å². The second-order valence-electron chi connectivity index (χ2n) is 3.88. The Morgan fingerprint density at radius 3 is 2.77 bits per heavy atom. The molecule has 2 heteroatoms. The lowest BCUT2D eigenvalue weighted by atomic mass is 10.1. The van der Waals surface area contributed by atoms with E-state index in [1.54, 1.807) is 0 Å². The van der Waals surface area contributed by atoms with Gasteiger partial charge in [0.25, 0.3) is 0 Å². The van der Waals surface area contributed by atoms with Gasteiger partial charge in [-0.1, -0.05) is 19.9 Å². The number of nitrogens with zero attached hydrogens (tertiary/aromatic N) is 2. The normalized spacial score (nSPS) is 22.2. The minimum Gasteiger partial charge on any atom is -0.337 e. The molecule has 0 aromatic heterocycles. The molecule has 2 nitrogen and oxygen atoms in total. The Hall–Kier alpha value is -0.790. The average molecular weight is 180 g/mol. The summed E-state index contributed by atoms with van der Waals surface area (Å²) in [5.74, 6) is 1.86. The van der Waals surface area contributed by atoms with Crippen LogP contribution in [0.3, 0.4) is 0 Å². The molecular weight excluding hydrogens is 160 g/mol. The van der Waals surface area contributed by atoms with Crippen molar-refractivity contribution in [3.8, 4) is 0 Å². The second-order valence-corrected chi connectivity index (χ2v) is 3.88. The van der Waals surface area contributed by atoms with Crippen LogP contribution in [0.1, 0.15) is 33.1 Å². The lowest BCUT2D eigenvalue weighted by Crippen LogP contribution is -2.30. The molecule has 0 aromatic carbocycles. The predicted molar refractivity (Wildman–Crippen MR) is 57.9 cm³/mol. The molecule has 0 N–H and O–H groups in total. The summed E-state index contributed by atoms with van der Waals surface area (Å²) in [6.07, 6.45) is 8.14. The van der Waals surface area contributed by atoms with E-state index >= 15 is 0 Å². The number of allylic oxidation sites excluding steroid dienone is 1. The van der Waals surface area contributed by atoms with Crippen molar-refractivity contribution >= 4 is 5.84 Å². The number of amidine groups is 1. The van der Waals surface area contributed by atoms with Crippen molar-refractivity contribution < 1.29 is 0 Å². The first-order valence-corrected chi connectivity index (χ1v) is 5.14. The second kappa shape index (κ2) is 5.05. The molecule has 1 saturated heterocycles. The number of aliphatic imine (C=N–C) groups is 1. The van der Waals surface area contributed by atoms with Crippen LogP contribution in [0.5, 0.6) is 0 Å². The number of rotatable bonds is 2. The predicted octanol–water partition coefficient (Wildman–Crippen LogP) is 2.67. The van der Waals surface area contributed by atoms with Gasteiger partial charge < -0.3 is 4.90 Å². The highest BCUT2D eigenvalue weighted by Gasteiger charge is 2.12. The summed E-state index contributed by atoms with van der Waals surface area (Å²) in [5.41, 5.74) is 0. The summed E-state index contributed by atoms with van der Waals surface area (Å²) in [5, 5.41) is 0. The van der Waals surface area contributed by atoms with Crippen molar-refractivity contribution in [3.05, 3.63) is 12.3 Å². The maximum atomic E-state index is 4.30. The minimum absolute atomic E-state index is 0.625. The number of piperidine rings is 1. The first-order chi connectivity index (χ1) is 6.24.